The number of hydrogen-bond acceptors (Lipinski definition) is 3. The molecule has 0 aliphatic carbocycles. The van der Waals surface area contributed by atoms with Crippen LogP contribution in [0.2, 0.25) is 0 Å². The molecule has 2 aromatic rings. The maximum atomic E-state index is 13.2. The van der Waals surface area contributed by atoms with Gasteiger partial charge in [0.2, 0.25) is 0 Å². The van der Waals surface area contributed by atoms with Crippen molar-refractivity contribution in [2.24, 2.45) is 0 Å². The Labute approximate surface area is 130 Å². The molecule has 0 radical (unpaired) electrons. The second kappa shape index (κ2) is 6.51. The van der Waals surface area contributed by atoms with Crippen molar-refractivity contribution in [3.63, 3.8) is 0 Å². The van der Waals surface area contributed by atoms with Gasteiger partial charge in [0.1, 0.15) is 24.2 Å². The number of hydrogen-bond donors (Lipinski definition) is 0. The molecule has 0 atom stereocenters. The fraction of sp³-hybridized carbons (Fsp3) is 0.125. The molecule has 2 aromatic carbocycles. The largest absolute Gasteiger partial charge is 0.488 e. The number of nitrogens with zero attached hydrogens (tertiary/aromatic N) is 1. The lowest BCUT2D eigenvalue weighted by Crippen LogP contribution is -2.02. The molecule has 0 heterocycles. The van der Waals surface area contributed by atoms with Crippen LogP contribution in [0.3, 0.4) is 0 Å². The van der Waals surface area contributed by atoms with E-state index in [0.717, 1.165) is 4.47 Å². The quantitative estimate of drug-likeness (QED) is 0.777. The molecule has 0 spiro atoms. The van der Waals surface area contributed by atoms with Gasteiger partial charge in [-0.1, -0.05) is 22.0 Å². The number of ketones is 1. The summed E-state index contributed by atoms with van der Waals surface area (Å²) in [6, 6.07) is 11.1. The van der Waals surface area contributed by atoms with Gasteiger partial charge in [0, 0.05) is 4.47 Å². The van der Waals surface area contributed by atoms with Crippen molar-refractivity contribution in [3.05, 3.63) is 63.4 Å². The number of rotatable bonds is 4. The van der Waals surface area contributed by atoms with E-state index < -0.39 is 5.82 Å². The van der Waals surface area contributed by atoms with Gasteiger partial charge >= 0.3 is 0 Å². The van der Waals surface area contributed by atoms with Gasteiger partial charge in [-0.15, -0.1) is 0 Å². The number of halogens is 2. The predicted octanol–water partition coefficient (Wildman–Crippen LogP) is 4.24. The highest BCUT2D eigenvalue weighted by atomic mass is 79.9. The van der Waals surface area contributed by atoms with E-state index in [4.69, 9.17) is 10.00 Å². The lowest BCUT2D eigenvalue weighted by atomic mass is 10.1. The maximum absolute atomic E-state index is 13.2. The van der Waals surface area contributed by atoms with Crippen LogP contribution in [0.15, 0.2) is 40.9 Å². The summed E-state index contributed by atoms with van der Waals surface area (Å²) in [5, 5.41) is 8.80. The van der Waals surface area contributed by atoms with E-state index in [1.165, 1.54) is 19.1 Å². The minimum Gasteiger partial charge on any atom is -0.488 e. The fourth-order valence-electron chi connectivity index (χ4n) is 1.82. The van der Waals surface area contributed by atoms with E-state index in [9.17, 15) is 9.18 Å². The summed E-state index contributed by atoms with van der Waals surface area (Å²) in [6.07, 6.45) is 0. The van der Waals surface area contributed by atoms with E-state index in [1.807, 2.05) is 0 Å². The van der Waals surface area contributed by atoms with E-state index in [1.54, 1.807) is 30.3 Å². The van der Waals surface area contributed by atoms with Crippen molar-refractivity contribution in [1.82, 2.24) is 0 Å². The fourth-order valence-corrected chi connectivity index (χ4v) is 2.16. The second-order valence-electron chi connectivity index (χ2n) is 4.41. The lowest BCUT2D eigenvalue weighted by molar-refractivity contribution is 0.101. The Hall–Kier alpha value is -2.19. The van der Waals surface area contributed by atoms with Crippen molar-refractivity contribution >= 4 is 21.7 Å². The number of Topliss-reactive ketones (excluding diaryl/α,β-unsaturated/α-hetero) is 1. The summed E-state index contributed by atoms with van der Waals surface area (Å²) in [4.78, 5) is 11.5. The first-order chi connectivity index (χ1) is 10.0. The first kappa shape index (κ1) is 15.2. The van der Waals surface area contributed by atoms with Gasteiger partial charge < -0.3 is 4.74 Å². The average Bonchev–Trinajstić information content (AvgIpc) is 2.46. The Bertz CT molecular complexity index is 738. The molecule has 0 bridgehead atoms. The van der Waals surface area contributed by atoms with Crippen molar-refractivity contribution in [2.45, 2.75) is 13.5 Å². The Kier molecular flexibility index (Phi) is 4.71. The number of benzene rings is 2. The SMILES string of the molecule is CC(=O)c1ccc(Br)cc1OCc1ccc(F)c(C#N)c1. The molecule has 3 nitrogen and oxygen atoms in total. The Balaban J connectivity index is 2.22. The van der Waals surface area contributed by atoms with Crippen LogP contribution in [0.1, 0.15) is 28.4 Å². The zero-order valence-electron chi connectivity index (χ0n) is 11.2. The van der Waals surface area contributed by atoms with Crippen LogP contribution in [0.25, 0.3) is 0 Å². The molecular weight excluding hydrogens is 337 g/mol. The number of nitriles is 1. The molecule has 0 N–H and O–H groups in total. The lowest BCUT2D eigenvalue weighted by Gasteiger charge is -2.10. The van der Waals surface area contributed by atoms with Gasteiger partial charge in [-0.25, -0.2) is 4.39 Å². The zero-order valence-corrected chi connectivity index (χ0v) is 12.8. The predicted molar refractivity (Wildman–Crippen MR) is 79.6 cm³/mol. The zero-order chi connectivity index (χ0) is 15.4. The molecule has 0 aliphatic rings. The topological polar surface area (TPSA) is 50.1 Å². The molecule has 0 saturated heterocycles. The van der Waals surface area contributed by atoms with Gasteiger partial charge in [0.05, 0.1) is 11.1 Å². The minimum atomic E-state index is -0.562. The van der Waals surface area contributed by atoms with E-state index in [-0.39, 0.29) is 18.0 Å². The molecule has 0 unspecified atom stereocenters. The molecule has 0 saturated carbocycles. The van der Waals surface area contributed by atoms with Crippen molar-refractivity contribution in [1.29, 1.82) is 5.26 Å². The molecule has 0 aliphatic heterocycles. The summed E-state index contributed by atoms with van der Waals surface area (Å²) >= 11 is 3.32. The summed E-state index contributed by atoms with van der Waals surface area (Å²) in [7, 11) is 0. The monoisotopic (exact) mass is 347 g/mol. The number of ether oxygens (including phenoxy) is 1. The van der Waals surface area contributed by atoms with E-state index >= 15 is 0 Å². The third kappa shape index (κ3) is 3.67. The molecule has 5 heteroatoms. The van der Waals surface area contributed by atoms with Crippen LogP contribution in [0, 0.1) is 17.1 Å². The van der Waals surface area contributed by atoms with E-state index in [0.29, 0.717) is 16.9 Å². The first-order valence-electron chi connectivity index (χ1n) is 6.13. The molecule has 106 valence electrons. The van der Waals surface area contributed by atoms with Crippen LogP contribution < -0.4 is 4.74 Å². The van der Waals surface area contributed by atoms with Crippen LogP contribution in [0.4, 0.5) is 4.39 Å². The minimum absolute atomic E-state index is 0.0304. The molecule has 0 fully saturated rings. The van der Waals surface area contributed by atoms with Crippen LogP contribution in [-0.2, 0) is 6.61 Å². The van der Waals surface area contributed by atoms with Crippen molar-refractivity contribution in [2.75, 3.05) is 0 Å². The van der Waals surface area contributed by atoms with Gasteiger partial charge in [0.15, 0.2) is 5.78 Å². The summed E-state index contributed by atoms with van der Waals surface area (Å²) in [5.41, 5.74) is 1.10. The normalized spacial score (nSPS) is 10.0. The Morgan fingerprint density at radius 3 is 2.76 bits per heavy atom. The Morgan fingerprint density at radius 2 is 2.10 bits per heavy atom. The molecule has 2 rings (SSSR count). The first-order valence-corrected chi connectivity index (χ1v) is 6.92. The third-order valence-corrected chi connectivity index (χ3v) is 3.36. The third-order valence-electron chi connectivity index (χ3n) is 2.87. The van der Waals surface area contributed by atoms with E-state index in [2.05, 4.69) is 15.9 Å². The van der Waals surface area contributed by atoms with Crippen LogP contribution in [0.5, 0.6) is 5.75 Å². The summed E-state index contributed by atoms with van der Waals surface area (Å²) in [5.74, 6) is -0.220. The number of carbonyl (C=O) groups excluding carboxylic acids is 1. The molecule has 21 heavy (non-hydrogen) atoms. The molecule has 0 amide bonds. The standard InChI is InChI=1S/C16H11BrFNO2/c1-10(20)14-4-3-13(17)7-16(14)21-9-11-2-5-15(18)12(6-11)8-19/h2-7H,9H2,1H3. The van der Waals surface area contributed by atoms with Crippen molar-refractivity contribution in [3.8, 4) is 11.8 Å². The van der Waals surface area contributed by atoms with Gasteiger partial charge in [-0.05, 0) is 42.8 Å². The Morgan fingerprint density at radius 1 is 1.33 bits per heavy atom. The molecule has 0 aromatic heterocycles. The summed E-state index contributed by atoms with van der Waals surface area (Å²) < 4.78 is 19.7. The van der Waals surface area contributed by atoms with Gasteiger partial charge in [0.25, 0.3) is 0 Å². The highest BCUT2D eigenvalue weighted by molar-refractivity contribution is 9.10. The molecular formula is C16H11BrFNO2. The summed E-state index contributed by atoms with van der Waals surface area (Å²) in [6.45, 7) is 1.60. The van der Waals surface area contributed by atoms with Gasteiger partial charge in [-0.3, -0.25) is 4.79 Å². The van der Waals surface area contributed by atoms with Crippen LogP contribution in [-0.4, -0.2) is 5.78 Å². The van der Waals surface area contributed by atoms with Crippen LogP contribution >= 0.6 is 15.9 Å². The highest BCUT2D eigenvalue weighted by Gasteiger charge is 2.10. The van der Waals surface area contributed by atoms with Gasteiger partial charge in [-0.2, -0.15) is 5.26 Å². The second-order valence-corrected chi connectivity index (χ2v) is 5.33. The highest BCUT2D eigenvalue weighted by Crippen LogP contribution is 2.25. The average molecular weight is 348 g/mol. The smallest absolute Gasteiger partial charge is 0.163 e. The number of carbonyl (C=O) groups is 1. The maximum Gasteiger partial charge on any atom is 0.163 e. The van der Waals surface area contributed by atoms with Crippen molar-refractivity contribution < 1.29 is 13.9 Å².